The third kappa shape index (κ3) is 3.62. The lowest BCUT2D eigenvalue weighted by atomic mass is 9.91. The fraction of sp³-hybridized carbons (Fsp3) is 0.562. The highest BCUT2D eigenvalue weighted by atomic mass is 19.2. The summed E-state index contributed by atoms with van der Waals surface area (Å²) in [5.41, 5.74) is -1.34. The van der Waals surface area contributed by atoms with E-state index < -0.39 is 23.1 Å². The molecule has 2 N–H and O–H groups in total. The van der Waals surface area contributed by atoms with Crippen LogP contribution in [-0.2, 0) is 11.3 Å². The monoisotopic (exact) mass is 312 g/mol. The minimum Gasteiger partial charge on any atom is -0.379 e. The van der Waals surface area contributed by atoms with Crippen LogP contribution in [0, 0.1) is 11.6 Å². The number of aliphatic hydroxyl groups is 1. The zero-order valence-corrected chi connectivity index (χ0v) is 12.7. The molecule has 1 aliphatic heterocycles. The molecule has 1 aromatic rings. The largest absolute Gasteiger partial charge is 0.379 e. The van der Waals surface area contributed by atoms with Gasteiger partial charge in [0.2, 0.25) is 0 Å². The SMILES string of the molecule is CCCNC[C@]1(O)CCCN(Cc2cccc(F)c2F)C1=O. The second-order valence-corrected chi connectivity index (χ2v) is 5.75. The van der Waals surface area contributed by atoms with Gasteiger partial charge in [-0.1, -0.05) is 19.1 Å². The Labute approximate surface area is 129 Å². The first-order chi connectivity index (χ1) is 10.5. The number of amides is 1. The highest BCUT2D eigenvalue weighted by Gasteiger charge is 2.41. The molecule has 1 aliphatic rings. The smallest absolute Gasteiger partial charge is 0.256 e. The lowest BCUT2D eigenvalue weighted by Gasteiger charge is -2.38. The summed E-state index contributed by atoms with van der Waals surface area (Å²) in [5.74, 6) is -2.29. The lowest BCUT2D eigenvalue weighted by molar-refractivity contribution is -0.157. The third-order valence-corrected chi connectivity index (χ3v) is 3.94. The first kappa shape index (κ1) is 16.8. The van der Waals surface area contributed by atoms with Crippen LogP contribution in [0.25, 0.3) is 0 Å². The maximum atomic E-state index is 13.7. The molecule has 1 atom stereocenters. The van der Waals surface area contributed by atoms with Crippen LogP contribution in [0.4, 0.5) is 8.78 Å². The fourth-order valence-electron chi connectivity index (χ4n) is 2.73. The Balaban J connectivity index is 2.08. The van der Waals surface area contributed by atoms with Gasteiger partial charge in [-0.05, 0) is 31.9 Å². The molecule has 1 aromatic carbocycles. The van der Waals surface area contributed by atoms with Crippen LogP contribution in [-0.4, -0.2) is 41.1 Å². The average Bonchev–Trinajstić information content (AvgIpc) is 2.49. The standard InChI is InChI=1S/C16H22F2N2O2/c1-2-8-19-11-16(22)7-4-9-20(15(16)21)10-12-5-3-6-13(17)14(12)18/h3,5-6,19,22H,2,4,7-11H2,1H3/t16-/m1/s1. The molecule has 122 valence electrons. The van der Waals surface area contributed by atoms with Crippen LogP contribution in [0.5, 0.6) is 0 Å². The second-order valence-electron chi connectivity index (χ2n) is 5.75. The molecule has 1 saturated heterocycles. The molecule has 0 unspecified atom stereocenters. The minimum atomic E-state index is -1.46. The number of likely N-dealkylation sites (tertiary alicyclic amines) is 1. The van der Waals surface area contributed by atoms with Crippen molar-refractivity contribution in [3.05, 3.63) is 35.4 Å². The maximum absolute atomic E-state index is 13.7. The number of hydrogen-bond donors (Lipinski definition) is 2. The molecule has 0 aromatic heterocycles. The Morgan fingerprint density at radius 1 is 1.41 bits per heavy atom. The van der Waals surface area contributed by atoms with Crippen molar-refractivity contribution in [2.24, 2.45) is 0 Å². The van der Waals surface area contributed by atoms with Crippen molar-refractivity contribution in [3.8, 4) is 0 Å². The van der Waals surface area contributed by atoms with Gasteiger partial charge in [0, 0.05) is 25.2 Å². The molecular formula is C16H22F2N2O2. The summed E-state index contributed by atoms with van der Waals surface area (Å²) in [6.07, 6.45) is 1.92. The van der Waals surface area contributed by atoms with Crippen LogP contribution in [0.2, 0.25) is 0 Å². The molecule has 4 nitrogen and oxygen atoms in total. The Morgan fingerprint density at radius 2 is 2.18 bits per heavy atom. The molecule has 6 heteroatoms. The predicted molar refractivity (Wildman–Crippen MR) is 79.1 cm³/mol. The summed E-state index contributed by atoms with van der Waals surface area (Å²) in [6, 6.07) is 3.91. The van der Waals surface area contributed by atoms with Crippen LogP contribution in [0.3, 0.4) is 0 Å². The average molecular weight is 312 g/mol. The van der Waals surface area contributed by atoms with Crippen molar-refractivity contribution in [1.29, 1.82) is 0 Å². The molecular weight excluding hydrogens is 290 g/mol. The molecule has 2 rings (SSSR count). The minimum absolute atomic E-state index is 0.0293. The molecule has 22 heavy (non-hydrogen) atoms. The quantitative estimate of drug-likeness (QED) is 0.788. The van der Waals surface area contributed by atoms with Crippen molar-refractivity contribution < 1.29 is 18.7 Å². The van der Waals surface area contributed by atoms with Crippen molar-refractivity contribution in [3.63, 3.8) is 0 Å². The Hall–Kier alpha value is -1.53. The molecule has 1 amide bonds. The van der Waals surface area contributed by atoms with E-state index in [2.05, 4.69) is 5.32 Å². The summed E-state index contributed by atoms with van der Waals surface area (Å²) in [4.78, 5) is 13.9. The van der Waals surface area contributed by atoms with Crippen molar-refractivity contribution in [1.82, 2.24) is 10.2 Å². The first-order valence-electron chi connectivity index (χ1n) is 7.63. The summed E-state index contributed by atoms with van der Waals surface area (Å²) in [6.45, 7) is 3.30. The molecule has 1 heterocycles. The van der Waals surface area contributed by atoms with Gasteiger partial charge in [0.25, 0.3) is 5.91 Å². The van der Waals surface area contributed by atoms with Crippen molar-refractivity contribution in [2.75, 3.05) is 19.6 Å². The summed E-state index contributed by atoms with van der Waals surface area (Å²) >= 11 is 0. The van der Waals surface area contributed by atoms with E-state index in [-0.39, 0.29) is 18.7 Å². The Bertz CT molecular complexity index is 539. The van der Waals surface area contributed by atoms with Crippen LogP contribution in [0.1, 0.15) is 31.7 Å². The molecule has 0 bridgehead atoms. The van der Waals surface area contributed by atoms with E-state index >= 15 is 0 Å². The molecule has 0 spiro atoms. The number of nitrogens with zero attached hydrogens (tertiary/aromatic N) is 1. The van der Waals surface area contributed by atoms with Gasteiger partial charge in [0.05, 0.1) is 0 Å². The fourth-order valence-corrected chi connectivity index (χ4v) is 2.73. The van der Waals surface area contributed by atoms with E-state index in [0.29, 0.717) is 25.9 Å². The summed E-state index contributed by atoms with van der Waals surface area (Å²) in [5, 5.41) is 13.6. The van der Waals surface area contributed by atoms with Gasteiger partial charge >= 0.3 is 0 Å². The number of rotatable bonds is 6. The lowest BCUT2D eigenvalue weighted by Crippen LogP contribution is -2.57. The number of benzene rings is 1. The van der Waals surface area contributed by atoms with Crippen molar-refractivity contribution >= 4 is 5.91 Å². The maximum Gasteiger partial charge on any atom is 0.256 e. The normalized spacial score (nSPS) is 22.2. The van der Waals surface area contributed by atoms with E-state index in [4.69, 9.17) is 0 Å². The van der Waals surface area contributed by atoms with E-state index in [1.165, 1.54) is 17.0 Å². The number of halogens is 2. The van der Waals surface area contributed by atoms with Gasteiger partial charge in [-0.2, -0.15) is 0 Å². The topological polar surface area (TPSA) is 52.6 Å². The number of hydrogen-bond acceptors (Lipinski definition) is 3. The molecule has 0 radical (unpaired) electrons. The molecule has 0 saturated carbocycles. The van der Waals surface area contributed by atoms with E-state index in [9.17, 15) is 18.7 Å². The number of nitrogens with one attached hydrogen (secondary N) is 1. The number of carbonyl (C=O) groups is 1. The first-order valence-corrected chi connectivity index (χ1v) is 7.63. The zero-order valence-electron chi connectivity index (χ0n) is 12.7. The van der Waals surface area contributed by atoms with Crippen molar-refractivity contribution in [2.45, 2.75) is 38.3 Å². The van der Waals surface area contributed by atoms with Crippen LogP contribution < -0.4 is 5.32 Å². The second kappa shape index (κ2) is 7.15. The molecule has 0 aliphatic carbocycles. The highest BCUT2D eigenvalue weighted by molar-refractivity contribution is 5.86. The van der Waals surface area contributed by atoms with Gasteiger partial charge in [-0.25, -0.2) is 8.78 Å². The third-order valence-electron chi connectivity index (χ3n) is 3.94. The van der Waals surface area contributed by atoms with Gasteiger partial charge in [0.1, 0.15) is 0 Å². The number of carbonyl (C=O) groups excluding carboxylic acids is 1. The van der Waals surface area contributed by atoms with Gasteiger partial charge < -0.3 is 15.3 Å². The van der Waals surface area contributed by atoms with E-state index in [0.717, 1.165) is 12.5 Å². The molecule has 1 fully saturated rings. The van der Waals surface area contributed by atoms with E-state index in [1.807, 2.05) is 6.92 Å². The van der Waals surface area contributed by atoms with E-state index in [1.54, 1.807) is 0 Å². The Morgan fingerprint density at radius 3 is 2.91 bits per heavy atom. The highest BCUT2D eigenvalue weighted by Crippen LogP contribution is 2.24. The zero-order chi connectivity index (χ0) is 16.2. The van der Waals surface area contributed by atoms with Gasteiger partial charge in [0.15, 0.2) is 17.2 Å². The number of piperidine rings is 1. The van der Waals surface area contributed by atoms with Gasteiger partial charge in [-0.3, -0.25) is 4.79 Å². The summed E-state index contributed by atoms with van der Waals surface area (Å²) < 4.78 is 27.0. The Kier molecular flexibility index (Phi) is 5.47. The predicted octanol–water partition coefficient (Wildman–Crippen LogP) is 1.82. The van der Waals surface area contributed by atoms with Crippen LogP contribution in [0.15, 0.2) is 18.2 Å². The van der Waals surface area contributed by atoms with Gasteiger partial charge in [-0.15, -0.1) is 0 Å². The summed E-state index contributed by atoms with van der Waals surface area (Å²) in [7, 11) is 0. The van der Waals surface area contributed by atoms with Crippen LogP contribution >= 0.6 is 0 Å².